The minimum atomic E-state index is -0.242. The zero-order valence-electron chi connectivity index (χ0n) is 11.4. The molecule has 1 saturated carbocycles. The summed E-state index contributed by atoms with van der Waals surface area (Å²) < 4.78 is 0. The lowest BCUT2D eigenvalue weighted by atomic mass is 9.86. The second kappa shape index (κ2) is 5.83. The molecule has 0 aromatic heterocycles. The molecule has 1 fully saturated rings. The smallest absolute Gasteiger partial charge is 0.0963 e. The highest BCUT2D eigenvalue weighted by molar-refractivity contribution is 5.82. The third kappa shape index (κ3) is 3.96. The van der Waals surface area contributed by atoms with E-state index in [-0.39, 0.29) is 23.4 Å². The molecule has 0 aromatic carbocycles. The van der Waals surface area contributed by atoms with Gasteiger partial charge in [0.2, 0.25) is 0 Å². The zero-order chi connectivity index (χ0) is 13.1. The number of aliphatic hydroxyl groups is 1. The minimum Gasteiger partial charge on any atom is -0.391 e. The normalized spacial score (nSPS) is 26.2. The van der Waals surface area contributed by atoms with Gasteiger partial charge in [-0.1, -0.05) is 26.7 Å². The van der Waals surface area contributed by atoms with Crippen LogP contribution in [0.3, 0.4) is 0 Å². The van der Waals surface area contributed by atoms with E-state index in [1.165, 1.54) is 6.42 Å². The number of likely N-dealkylation sites (N-methyl/N-ethyl adjacent to an activating group) is 1. The Balaban J connectivity index is 2.43. The van der Waals surface area contributed by atoms with Crippen LogP contribution >= 0.6 is 0 Å². The van der Waals surface area contributed by atoms with Crippen molar-refractivity contribution in [1.29, 1.82) is 5.41 Å². The fourth-order valence-electron chi connectivity index (χ4n) is 2.36. The summed E-state index contributed by atoms with van der Waals surface area (Å²) in [5.41, 5.74) is 5.34. The lowest BCUT2D eigenvalue weighted by molar-refractivity contribution is 0.0294. The second-order valence-electron chi connectivity index (χ2n) is 5.95. The number of rotatable bonds is 5. The van der Waals surface area contributed by atoms with Gasteiger partial charge in [0, 0.05) is 11.5 Å². The Hall–Kier alpha value is -0.610. The quantitative estimate of drug-likeness (QED) is 0.505. The Morgan fingerprint density at radius 3 is 2.53 bits per heavy atom. The molecular weight excluding hydrogens is 214 g/mol. The van der Waals surface area contributed by atoms with Crippen molar-refractivity contribution in [2.45, 2.75) is 58.1 Å². The van der Waals surface area contributed by atoms with Gasteiger partial charge in [0.1, 0.15) is 0 Å². The Morgan fingerprint density at radius 2 is 2.00 bits per heavy atom. The van der Waals surface area contributed by atoms with Crippen LogP contribution in [0.2, 0.25) is 0 Å². The molecule has 4 heteroatoms. The Morgan fingerprint density at radius 1 is 1.41 bits per heavy atom. The van der Waals surface area contributed by atoms with Gasteiger partial charge in [0.15, 0.2) is 0 Å². The standard InChI is InChI=1S/C13H27N3O/c1-13(2,12(14)15)8-9-16(3)10-6-4-5-7-11(10)17/h10-11,17H,4-9H2,1-3H3,(H3,14,15). The van der Waals surface area contributed by atoms with Gasteiger partial charge < -0.3 is 15.7 Å². The fourth-order valence-corrected chi connectivity index (χ4v) is 2.36. The van der Waals surface area contributed by atoms with E-state index in [1.54, 1.807) is 0 Å². The number of amidine groups is 1. The van der Waals surface area contributed by atoms with Gasteiger partial charge in [0.05, 0.1) is 11.9 Å². The monoisotopic (exact) mass is 241 g/mol. The molecule has 0 radical (unpaired) electrons. The zero-order valence-corrected chi connectivity index (χ0v) is 11.4. The maximum absolute atomic E-state index is 9.97. The number of nitrogens with one attached hydrogen (secondary N) is 1. The number of hydrogen-bond donors (Lipinski definition) is 3. The van der Waals surface area contributed by atoms with Gasteiger partial charge in [-0.25, -0.2) is 0 Å². The number of aliphatic hydroxyl groups excluding tert-OH is 1. The molecule has 1 aliphatic carbocycles. The molecule has 0 aliphatic heterocycles. The predicted octanol–water partition coefficient (Wildman–Crippen LogP) is 1.57. The largest absolute Gasteiger partial charge is 0.391 e. The molecule has 0 saturated heterocycles. The first-order valence-electron chi connectivity index (χ1n) is 6.57. The molecule has 4 N–H and O–H groups in total. The van der Waals surface area contributed by atoms with Crippen LogP contribution in [-0.4, -0.2) is 41.6 Å². The van der Waals surface area contributed by atoms with Crippen LogP contribution in [0.4, 0.5) is 0 Å². The fraction of sp³-hybridized carbons (Fsp3) is 0.923. The number of nitrogens with two attached hydrogens (primary N) is 1. The summed E-state index contributed by atoms with van der Waals surface area (Å²) in [6.45, 7) is 4.88. The van der Waals surface area contributed by atoms with Crippen molar-refractivity contribution in [2.24, 2.45) is 11.1 Å². The minimum absolute atomic E-state index is 0.186. The summed E-state index contributed by atoms with van der Waals surface area (Å²) in [6, 6.07) is 0.284. The van der Waals surface area contributed by atoms with Crippen molar-refractivity contribution in [2.75, 3.05) is 13.6 Å². The van der Waals surface area contributed by atoms with Crippen LogP contribution in [0, 0.1) is 10.8 Å². The molecule has 0 amide bonds. The first-order chi connectivity index (χ1) is 7.84. The average Bonchev–Trinajstić information content (AvgIpc) is 2.26. The molecule has 0 spiro atoms. The first-order valence-corrected chi connectivity index (χ1v) is 6.57. The molecule has 0 heterocycles. The van der Waals surface area contributed by atoms with Gasteiger partial charge in [0.25, 0.3) is 0 Å². The van der Waals surface area contributed by atoms with Crippen LogP contribution in [0.25, 0.3) is 0 Å². The average molecular weight is 241 g/mol. The van der Waals surface area contributed by atoms with E-state index in [0.717, 1.165) is 32.2 Å². The van der Waals surface area contributed by atoms with Crippen LogP contribution in [-0.2, 0) is 0 Å². The SMILES string of the molecule is CN(CCC(C)(C)C(=N)N)C1CCCCC1O. The van der Waals surface area contributed by atoms with E-state index in [2.05, 4.69) is 11.9 Å². The maximum atomic E-state index is 9.97. The summed E-state index contributed by atoms with van der Waals surface area (Å²) in [6.07, 6.45) is 5.03. The van der Waals surface area contributed by atoms with Crippen molar-refractivity contribution in [3.63, 3.8) is 0 Å². The maximum Gasteiger partial charge on any atom is 0.0963 e. The molecule has 2 unspecified atom stereocenters. The Bertz CT molecular complexity index is 265. The van der Waals surface area contributed by atoms with E-state index >= 15 is 0 Å². The molecule has 17 heavy (non-hydrogen) atoms. The molecule has 1 rings (SSSR count). The third-order valence-corrected chi connectivity index (χ3v) is 4.08. The number of hydrogen-bond acceptors (Lipinski definition) is 3. The van der Waals surface area contributed by atoms with Gasteiger partial charge in [-0.15, -0.1) is 0 Å². The van der Waals surface area contributed by atoms with E-state index in [9.17, 15) is 5.11 Å². The van der Waals surface area contributed by atoms with Crippen LogP contribution in [0.5, 0.6) is 0 Å². The number of nitrogens with zero attached hydrogens (tertiary/aromatic N) is 1. The van der Waals surface area contributed by atoms with E-state index in [0.29, 0.717) is 0 Å². The molecule has 0 bridgehead atoms. The van der Waals surface area contributed by atoms with Gasteiger partial charge in [-0.05, 0) is 32.9 Å². The van der Waals surface area contributed by atoms with Gasteiger partial charge in [-0.2, -0.15) is 0 Å². The summed E-state index contributed by atoms with van der Waals surface area (Å²) in [7, 11) is 2.06. The van der Waals surface area contributed by atoms with Crippen LogP contribution in [0.15, 0.2) is 0 Å². The topological polar surface area (TPSA) is 73.3 Å². The third-order valence-electron chi connectivity index (χ3n) is 4.08. The Labute approximate surface area is 105 Å². The summed E-state index contributed by atoms with van der Waals surface area (Å²) in [5, 5.41) is 17.5. The summed E-state index contributed by atoms with van der Waals surface area (Å²) in [4.78, 5) is 2.23. The lowest BCUT2D eigenvalue weighted by Gasteiger charge is -2.36. The lowest BCUT2D eigenvalue weighted by Crippen LogP contribution is -2.45. The van der Waals surface area contributed by atoms with E-state index in [4.69, 9.17) is 11.1 Å². The molecule has 2 atom stereocenters. The summed E-state index contributed by atoms with van der Waals surface area (Å²) >= 11 is 0. The van der Waals surface area contributed by atoms with Crippen LogP contribution < -0.4 is 5.73 Å². The van der Waals surface area contributed by atoms with Crippen molar-refractivity contribution < 1.29 is 5.11 Å². The molecule has 0 aromatic rings. The highest BCUT2D eigenvalue weighted by Crippen LogP contribution is 2.25. The van der Waals surface area contributed by atoms with Crippen molar-refractivity contribution in [3.8, 4) is 0 Å². The van der Waals surface area contributed by atoms with Gasteiger partial charge >= 0.3 is 0 Å². The van der Waals surface area contributed by atoms with Gasteiger partial charge in [-0.3, -0.25) is 5.41 Å². The summed E-state index contributed by atoms with van der Waals surface area (Å²) in [5.74, 6) is 0.245. The van der Waals surface area contributed by atoms with E-state index < -0.39 is 0 Å². The molecule has 1 aliphatic rings. The van der Waals surface area contributed by atoms with Crippen LogP contribution in [0.1, 0.15) is 46.0 Å². The molecule has 100 valence electrons. The first kappa shape index (κ1) is 14.5. The van der Waals surface area contributed by atoms with Crippen molar-refractivity contribution in [3.05, 3.63) is 0 Å². The second-order valence-corrected chi connectivity index (χ2v) is 5.95. The van der Waals surface area contributed by atoms with Crippen molar-refractivity contribution in [1.82, 2.24) is 4.90 Å². The van der Waals surface area contributed by atoms with E-state index in [1.807, 2.05) is 13.8 Å². The van der Waals surface area contributed by atoms with Crippen molar-refractivity contribution >= 4 is 5.84 Å². The molecule has 4 nitrogen and oxygen atoms in total. The molecular formula is C13H27N3O. The predicted molar refractivity (Wildman–Crippen MR) is 71.2 cm³/mol. The highest BCUT2D eigenvalue weighted by Gasteiger charge is 2.28. The highest BCUT2D eigenvalue weighted by atomic mass is 16.3. The Kier molecular flexibility index (Phi) is 4.95.